The molecule has 5 heteroatoms. The van der Waals surface area contributed by atoms with Crippen LogP contribution in [0.3, 0.4) is 0 Å². The van der Waals surface area contributed by atoms with E-state index >= 15 is 0 Å². The summed E-state index contributed by atoms with van der Waals surface area (Å²) in [7, 11) is 0. The van der Waals surface area contributed by atoms with E-state index < -0.39 is 11.7 Å². The molecule has 1 heterocycles. The summed E-state index contributed by atoms with van der Waals surface area (Å²) < 4.78 is 43.0. The number of hydrogen-bond acceptors (Lipinski definition) is 2. The monoisotopic (exact) mass is 307 g/mol. The Morgan fingerprint density at radius 2 is 1.77 bits per heavy atom. The van der Waals surface area contributed by atoms with Gasteiger partial charge < -0.3 is 10.1 Å². The molecule has 22 heavy (non-hydrogen) atoms. The van der Waals surface area contributed by atoms with Gasteiger partial charge in [0.05, 0.1) is 5.56 Å². The fourth-order valence-corrected chi connectivity index (χ4v) is 2.53. The average Bonchev–Trinajstić information content (AvgIpc) is 2.52. The third kappa shape index (κ3) is 3.42. The summed E-state index contributed by atoms with van der Waals surface area (Å²) in [6.45, 7) is 2.19. The van der Waals surface area contributed by atoms with Crippen LogP contribution in [0.5, 0.6) is 5.75 Å². The van der Waals surface area contributed by atoms with Crippen molar-refractivity contribution in [2.75, 3.05) is 6.54 Å². The lowest BCUT2D eigenvalue weighted by atomic mass is 9.99. The molecule has 0 saturated carbocycles. The number of benzene rings is 2. The first kappa shape index (κ1) is 14.9. The van der Waals surface area contributed by atoms with Gasteiger partial charge in [0, 0.05) is 6.54 Å². The lowest BCUT2D eigenvalue weighted by molar-refractivity contribution is -0.137. The van der Waals surface area contributed by atoms with E-state index in [4.69, 9.17) is 4.74 Å². The minimum absolute atomic E-state index is 0.346. The van der Waals surface area contributed by atoms with Crippen molar-refractivity contribution in [2.24, 2.45) is 0 Å². The van der Waals surface area contributed by atoms with Crippen molar-refractivity contribution in [3.63, 3.8) is 0 Å². The molecular formula is C17H16F3NO. The number of rotatable bonds is 3. The molecule has 3 rings (SSSR count). The van der Waals surface area contributed by atoms with Gasteiger partial charge in [0.1, 0.15) is 12.4 Å². The van der Waals surface area contributed by atoms with Crippen LogP contribution >= 0.6 is 0 Å². The van der Waals surface area contributed by atoms with E-state index in [0.29, 0.717) is 12.4 Å². The van der Waals surface area contributed by atoms with Gasteiger partial charge in [-0.15, -0.1) is 0 Å². The quantitative estimate of drug-likeness (QED) is 0.927. The van der Waals surface area contributed by atoms with E-state index in [1.165, 1.54) is 23.3 Å². The molecule has 2 nitrogen and oxygen atoms in total. The van der Waals surface area contributed by atoms with Crippen LogP contribution in [0.25, 0.3) is 0 Å². The molecule has 2 aromatic rings. The number of halogens is 3. The minimum Gasteiger partial charge on any atom is -0.489 e. The van der Waals surface area contributed by atoms with E-state index in [0.717, 1.165) is 37.2 Å². The molecule has 0 aromatic heterocycles. The molecule has 2 aromatic carbocycles. The third-order valence-electron chi connectivity index (χ3n) is 3.74. The molecule has 0 bridgehead atoms. The summed E-state index contributed by atoms with van der Waals surface area (Å²) in [6.07, 6.45) is -3.29. The van der Waals surface area contributed by atoms with Gasteiger partial charge in [-0.25, -0.2) is 0 Å². The molecule has 0 atom stereocenters. The number of nitrogens with one attached hydrogen (secondary N) is 1. The van der Waals surface area contributed by atoms with Crippen LogP contribution < -0.4 is 10.1 Å². The first-order chi connectivity index (χ1) is 10.5. The normalized spacial score (nSPS) is 14.5. The molecular weight excluding hydrogens is 291 g/mol. The Labute approximate surface area is 126 Å². The van der Waals surface area contributed by atoms with Crippen molar-refractivity contribution >= 4 is 0 Å². The Bertz CT molecular complexity index is 650. The minimum atomic E-state index is -4.32. The molecule has 0 fully saturated rings. The highest BCUT2D eigenvalue weighted by Crippen LogP contribution is 2.30. The topological polar surface area (TPSA) is 21.3 Å². The maximum Gasteiger partial charge on any atom is 0.416 e. The highest BCUT2D eigenvalue weighted by Gasteiger charge is 2.30. The van der Waals surface area contributed by atoms with E-state index in [9.17, 15) is 13.2 Å². The Kier molecular flexibility index (Phi) is 4.07. The molecule has 1 N–H and O–H groups in total. The summed E-state index contributed by atoms with van der Waals surface area (Å²) in [5.74, 6) is 0.434. The van der Waals surface area contributed by atoms with Gasteiger partial charge in [0.2, 0.25) is 0 Å². The van der Waals surface area contributed by atoms with Gasteiger partial charge in [-0.2, -0.15) is 13.2 Å². The van der Waals surface area contributed by atoms with Crippen molar-refractivity contribution in [2.45, 2.75) is 25.7 Å². The predicted molar refractivity (Wildman–Crippen MR) is 77.6 cm³/mol. The van der Waals surface area contributed by atoms with Crippen molar-refractivity contribution in [3.05, 3.63) is 64.7 Å². The van der Waals surface area contributed by atoms with Gasteiger partial charge in [0.15, 0.2) is 0 Å². The van der Waals surface area contributed by atoms with Crippen LogP contribution in [0.2, 0.25) is 0 Å². The molecule has 1 aliphatic rings. The maximum absolute atomic E-state index is 12.5. The Morgan fingerprint density at radius 3 is 2.50 bits per heavy atom. The predicted octanol–water partition coefficient (Wildman–Crippen LogP) is 3.93. The molecule has 0 saturated heterocycles. The molecule has 0 aliphatic carbocycles. The lowest BCUT2D eigenvalue weighted by Crippen LogP contribution is -2.23. The first-order valence-electron chi connectivity index (χ1n) is 7.14. The fourth-order valence-electron chi connectivity index (χ4n) is 2.53. The van der Waals surface area contributed by atoms with Gasteiger partial charge in [-0.1, -0.05) is 18.2 Å². The standard InChI is InChI=1S/C17H16F3NO/c18-17(19,20)15-3-5-16(6-4-15)22-11-12-1-2-13-7-8-21-10-14(13)9-12/h1-6,9,21H,7-8,10-11H2. The van der Waals surface area contributed by atoms with Crippen LogP contribution in [-0.2, 0) is 25.7 Å². The van der Waals surface area contributed by atoms with E-state index in [2.05, 4.69) is 17.4 Å². The summed E-state index contributed by atoms with van der Waals surface area (Å²) in [5, 5.41) is 3.31. The Balaban J connectivity index is 1.65. The van der Waals surface area contributed by atoms with E-state index in [1.54, 1.807) is 0 Å². The van der Waals surface area contributed by atoms with Crippen molar-refractivity contribution in [3.8, 4) is 5.75 Å². The van der Waals surface area contributed by atoms with E-state index in [1.807, 2.05) is 6.07 Å². The van der Waals surface area contributed by atoms with Crippen molar-refractivity contribution < 1.29 is 17.9 Å². The highest BCUT2D eigenvalue weighted by atomic mass is 19.4. The van der Waals surface area contributed by atoms with Crippen LogP contribution in [0, 0.1) is 0 Å². The zero-order chi connectivity index (χ0) is 15.6. The molecule has 0 amide bonds. The SMILES string of the molecule is FC(F)(F)c1ccc(OCc2ccc3c(c2)CNCC3)cc1. The molecule has 0 radical (unpaired) electrons. The van der Waals surface area contributed by atoms with Crippen LogP contribution in [-0.4, -0.2) is 6.54 Å². The second-order valence-electron chi connectivity index (χ2n) is 5.34. The number of hydrogen-bond donors (Lipinski definition) is 1. The van der Waals surface area contributed by atoms with Crippen molar-refractivity contribution in [1.29, 1.82) is 0 Å². The van der Waals surface area contributed by atoms with Gasteiger partial charge >= 0.3 is 6.18 Å². The Morgan fingerprint density at radius 1 is 1.00 bits per heavy atom. The maximum atomic E-state index is 12.5. The lowest BCUT2D eigenvalue weighted by Gasteiger charge is -2.18. The molecule has 1 aliphatic heterocycles. The average molecular weight is 307 g/mol. The summed E-state index contributed by atoms with van der Waals surface area (Å²) >= 11 is 0. The van der Waals surface area contributed by atoms with Crippen molar-refractivity contribution in [1.82, 2.24) is 5.32 Å². The van der Waals surface area contributed by atoms with Gasteiger partial charge in [-0.3, -0.25) is 0 Å². The molecule has 0 unspecified atom stereocenters. The zero-order valence-corrected chi connectivity index (χ0v) is 11.9. The van der Waals surface area contributed by atoms with Gasteiger partial charge in [0.25, 0.3) is 0 Å². The number of fused-ring (bicyclic) bond motifs is 1. The Hall–Kier alpha value is -2.01. The molecule has 0 spiro atoms. The first-order valence-corrected chi connectivity index (χ1v) is 7.14. The number of ether oxygens (including phenoxy) is 1. The fraction of sp³-hybridized carbons (Fsp3) is 0.294. The van der Waals surface area contributed by atoms with Gasteiger partial charge in [-0.05, 0) is 53.9 Å². The summed E-state index contributed by atoms with van der Waals surface area (Å²) in [6, 6.07) is 11.0. The zero-order valence-electron chi connectivity index (χ0n) is 11.9. The van der Waals surface area contributed by atoms with Crippen LogP contribution in [0.15, 0.2) is 42.5 Å². The number of alkyl halides is 3. The second kappa shape index (κ2) is 6.01. The molecule has 116 valence electrons. The van der Waals surface area contributed by atoms with E-state index in [-0.39, 0.29) is 0 Å². The van der Waals surface area contributed by atoms with Crippen LogP contribution in [0.1, 0.15) is 22.3 Å². The summed E-state index contributed by atoms with van der Waals surface area (Å²) in [4.78, 5) is 0. The summed E-state index contributed by atoms with van der Waals surface area (Å²) in [5.41, 5.74) is 2.96. The second-order valence-corrected chi connectivity index (χ2v) is 5.34. The highest BCUT2D eigenvalue weighted by molar-refractivity contribution is 5.34. The smallest absolute Gasteiger partial charge is 0.416 e. The third-order valence-corrected chi connectivity index (χ3v) is 3.74. The van der Waals surface area contributed by atoms with Crippen LogP contribution in [0.4, 0.5) is 13.2 Å². The largest absolute Gasteiger partial charge is 0.489 e.